The molecule has 0 unspecified atom stereocenters. The highest BCUT2D eigenvalue weighted by Crippen LogP contribution is 2.30. The Morgan fingerprint density at radius 1 is 1.50 bits per heavy atom. The van der Waals surface area contributed by atoms with Gasteiger partial charge in [-0.05, 0) is 16.0 Å². The van der Waals surface area contributed by atoms with E-state index in [0.717, 1.165) is 0 Å². The molecular weight excluding hydrogens is 248 g/mol. The fourth-order valence-electron chi connectivity index (χ4n) is 1.04. The lowest BCUT2D eigenvalue weighted by Crippen LogP contribution is -2.17. The third-order valence-electron chi connectivity index (χ3n) is 1.61. The molecule has 0 radical (unpaired) electrons. The van der Waals surface area contributed by atoms with Gasteiger partial charge in [-0.15, -0.1) is 0 Å². The first-order valence-electron chi connectivity index (χ1n) is 3.69. The molecular formula is C6H5F2N3O4S. The van der Waals surface area contributed by atoms with E-state index in [9.17, 15) is 27.3 Å². The van der Waals surface area contributed by atoms with Gasteiger partial charge in [-0.1, -0.05) is 0 Å². The average Bonchev–Trinajstić information content (AvgIpc) is 2.15. The van der Waals surface area contributed by atoms with Crippen LogP contribution in [0.1, 0.15) is 12.0 Å². The van der Waals surface area contributed by atoms with Crippen LogP contribution in [0, 0.1) is 10.1 Å². The lowest BCUT2D eigenvalue weighted by atomic mass is 10.3. The average molecular weight is 253 g/mol. The first-order chi connectivity index (χ1) is 7.25. The van der Waals surface area contributed by atoms with Crippen LogP contribution in [0.5, 0.6) is 0 Å². The number of nitrogens with zero attached hydrogens (tertiary/aromatic N) is 2. The first-order valence-corrected chi connectivity index (χ1v) is 5.24. The molecule has 1 heterocycles. The molecule has 0 aromatic carbocycles. The van der Waals surface area contributed by atoms with Gasteiger partial charge in [0, 0.05) is 0 Å². The summed E-state index contributed by atoms with van der Waals surface area (Å²) >= 11 is 0. The van der Waals surface area contributed by atoms with Crippen LogP contribution in [0.2, 0.25) is 0 Å². The van der Waals surface area contributed by atoms with Gasteiger partial charge < -0.3 is 10.1 Å². The van der Waals surface area contributed by atoms with Gasteiger partial charge >= 0.3 is 5.82 Å². The van der Waals surface area contributed by atoms with E-state index in [1.54, 1.807) is 0 Å². The number of hydrogen-bond donors (Lipinski definition) is 1. The topological polar surface area (TPSA) is 116 Å². The van der Waals surface area contributed by atoms with Crippen molar-refractivity contribution in [2.45, 2.75) is 11.3 Å². The Labute approximate surface area is 88.1 Å². The maximum Gasteiger partial charge on any atom is 0.384 e. The predicted octanol–water partition coefficient (Wildman–Crippen LogP) is 0.575. The Bertz CT molecular complexity index is 531. The van der Waals surface area contributed by atoms with Gasteiger partial charge in [0.05, 0.1) is 5.56 Å². The Kier molecular flexibility index (Phi) is 3.14. The maximum atomic E-state index is 12.4. The van der Waals surface area contributed by atoms with E-state index in [1.165, 1.54) is 0 Å². The van der Waals surface area contributed by atoms with Crippen LogP contribution in [0.4, 0.5) is 14.6 Å². The third-order valence-corrected chi connectivity index (χ3v) is 2.60. The lowest BCUT2D eigenvalue weighted by molar-refractivity contribution is -0.392. The summed E-state index contributed by atoms with van der Waals surface area (Å²) in [5.41, 5.74) is -1.04. The van der Waals surface area contributed by atoms with E-state index < -0.39 is 37.6 Å². The number of nitrogens with two attached hydrogens (primary N) is 1. The smallest absolute Gasteiger partial charge is 0.358 e. The second-order valence-electron chi connectivity index (χ2n) is 2.66. The molecule has 0 aliphatic carbocycles. The molecule has 1 aromatic rings. The SMILES string of the molecule is NS(=O)(=O)c1c(C(F)F)ccnc1[N+](=O)[O-]. The summed E-state index contributed by atoms with van der Waals surface area (Å²) in [6, 6.07) is 0.664. The van der Waals surface area contributed by atoms with E-state index in [2.05, 4.69) is 10.1 Å². The van der Waals surface area contributed by atoms with Gasteiger partial charge in [-0.25, -0.2) is 22.3 Å². The number of rotatable bonds is 3. The van der Waals surface area contributed by atoms with Crippen LogP contribution in [-0.2, 0) is 10.0 Å². The molecule has 0 saturated carbocycles. The molecule has 1 aromatic heterocycles. The van der Waals surface area contributed by atoms with E-state index >= 15 is 0 Å². The summed E-state index contributed by atoms with van der Waals surface area (Å²) in [7, 11) is -4.64. The summed E-state index contributed by atoms with van der Waals surface area (Å²) in [6.07, 6.45) is -2.48. The Morgan fingerprint density at radius 3 is 2.44 bits per heavy atom. The number of sulfonamides is 1. The third kappa shape index (κ3) is 2.28. The van der Waals surface area contributed by atoms with E-state index in [4.69, 9.17) is 0 Å². The quantitative estimate of drug-likeness (QED) is 0.624. The highest BCUT2D eigenvalue weighted by molar-refractivity contribution is 7.89. The number of halogens is 2. The first kappa shape index (κ1) is 12.4. The second-order valence-corrected chi connectivity index (χ2v) is 4.15. The Balaban J connectivity index is 3.68. The fraction of sp³-hybridized carbons (Fsp3) is 0.167. The second kappa shape index (κ2) is 4.06. The van der Waals surface area contributed by atoms with Crippen LogP contribution in [0.3, 0.4) is 0 Å². The van der Waals surface area contributed by atoms with Crippen molar-refractivity contribution in [2.75, 3.05) is 0 Å². The molecule has 0 fully saturated rings. The molecule has 0 bridgehead atoms. The van der Waals surface area contributed by atoms with E-state index in [0.29, 0.717) is 12.3 Å². The number of pyridine rings is 1. The number of nitro groups is 1. The number of primary sulfonamides is 1. The molecule has 2 N–H and O–H groups in total. The minimum Gasteiger partial charge on any atom is -0.358 e. The molecule has 16 heavy (non-hydrogen) atoms. The minimum atomic E-state index is -4.64. The Morgan fingerprint density at radius 2 is 2.06 bits per heavy atom. The van der Waals surface area contributed by atoms with Gasteiger partial charge in [0.2, 0.25) is 10.0 Å². The van der Waals surface area contributed by atoms with Crippen LogP contribution in [-0.4, -0.2) is 18.3 Å². The van der Waals surface area contributed by atoms with E-state index in [-0.39, 0.29) is 0 Å². The molecule has 7 nitrogen and oxygen atoms in total. The van der Waals surface area contributed by atoms with Crippen molar-refractivity contribution in [3.8, 4) is 0 Å². The summed E-state index contributed by atoms with van der Waals surface area (Å²) in [4.78, 5) is 11.1. The number of aromatic nitrogens is 1. The molecule has 10 heteroatoms. The molecule has 88 valence electrons. The van der Waals surface area contributed by atoms with Crippen LogP contribution >= 0.6 is 0 Å². The molecule has 0 aliphatic heterocycles. The highest BCUT2D eigenvalue weighted by Gasteiger charge is 2.31. The molecule has 0 spiro atoms. The molecule has 0 saturated heterocycles. The number of hydrogen-bond acceptors (Lipinski definition) is 5. The molecule has 0 atom stereocenters. The van der Waals surface area contributed by atoms with E-state index in [1.807, 2.05) is 0 Å². The highest BCUT2D eigenvalue weighted by atomic mass is 32.2. The van der Waals surface area contributed by atoms with Crippen molar-refractivity contribution in [3.05, 3.63) is 27.9 Å². The summed E-state index contributed by atoms with van der Waals surface area (Å²) in [5, 5.41) is 15.0. The maximum absolute atomic E-state index is 12.4. The molecule has 0 amide bonds. The van der Waals surface area contributed by atoms with Crippen molar-refractivity contribution in [3.63, 3.8) is 0 Å². The van der Waals surface area contributed by atoms with Gasteiger partial charge in [0.15, 0.2) is 4.90 Å². The zero-order valence-corrected chi connectivity index (χ0v) is 8.32. The van der Waals surface area contributed by atoms with Crippen LogP contribution in [0.25, 0.3) is 0 Å². The normalized spacial score (nSPS) is 11.8. The zero-order valence-electron chi connectivity index (χ0n) is 7.50. The van der Waals surface area contributed by atoms with Crippen LogP contribution in [0.15, 0.2) is 17.2 Å². The molecule has 1 rings (SSSR count). The lowest BCUT2D eigenvalue weighted by Gasteiger charge is -2.05. The number of alkyl halides is 2. The summed E-state index contributed by atoms with van der Waals surface area (Å²) < 4.78 is 46.8. The molecule has 0 aliphatic rings. The van der Waals surface area contributed by atoms with Gasteiger partial charge in [-0.2, -0.15) is 0 Å². The van der Waals surface area contributed by atoms with Gasteiger partial charge in [-0.3, -0.25) is 0 Å². The van der Waals surface area contributed by atoms with Crippen molar-refractivity contribution < 1.29 is 22.1 Å². The van der Waals surface area contributed by atoms with Crippen molar-refractivity contribution in [1.29, 1.82) is 0 Å². The standard InChI is InChI=1S/C6H5F2N3O4S/c7-5(8)3-1-2-10-6(11(12)13)4(3)16(9,14)15/h1-2,5H,(H2,9,14,15). The van der Waals surface area contributed by atoms with Crippen molar-refractivity contribution in [2.24, 2.45) is 5.14 Å². The minimum absolute atomic E-state index is 0.664. The van der Waals surface area contributed by atoms with Crippen LogP contribution < -0.4 is 5.14 Å². The predicted molar refractivity (Wildman–Crippen MR) is 47.2 cm³/mol. The fourth-order valence-corrected chi connectivity index (χ4v) is 1.91. The monoisotopic (exact) mass is 253 g/mol. The summed E-state index contributed by atoms with van der Waals surface area (Å²) in [5.74, 6) is -1.21. The van der Waals surface area contributed by atoms with Gasteiger partial charge in [0.25, 0.3) is 6.43 Å². The largest absolute Gasteiger partial charge is 0.384 e. The van der Waals surface area contributed by atoms with Crippen molar-refractivity contribution in [1.82, 2.24) is 4.98 Å². The van der Waals surface area contributed by atoms with Crippen molar-refractivity contribution >= 4 is 15.8 Å². The summed E-state index contributed by atoms with van der Waals surface area (Å²) in [6.45, 7) is 0. The Hall–Kier alpha value is -1.68. The van der Waals surface area contributed by atoms with Gasteiger partial charge in [0.1, 0.15) is 6.20 Å². The zero-order chi connectivity index (χ0) is 12.5.